The second-order valence-electron chi connectivity index (χ2n) is 6.23. The molecule has 1 aromatic rings. The molecule has 0 unspecified atom stereocenters. The molecular weight excluding hydrogens is 324 g/mol. The Hall–Kier alpha value is -2.48. The van der Waals surface area contributed by atoms with Crippen LogP contribution in [0, 0.1) is 0 Å². The molecule has 3 amide bonds. The summed E-state index contributed by atoms with van der Waals surface area (Å²) in [6.07, 6.45) is 4.10. The number of nitrogens with one attached hydrogen (secondary N) is 1. The molecule has 1 fully saturated rings. The molecule has 136 valence electrons. The van der Waals surface area contributed by atoms with E-state index in [0.717, 1.165) is 23.6 Å². The van der Waals surface area contributed by atoms with Gasteiger partial charge >= 0.3 is 0 Å². The molecule has 8 heteroatoms. The first-order chi connectivity index (χ1) is 11.8. The first-order valence-electron chi connectivity index (χ1n) is 8.23. The van der Waals surface area contributed by atoms with Crippen molar-refractivity contribution in [1.82, 2.24) is 19.8 Å². The van der Waals surface area contributed by atoms with Gasteiger partial charge in [0.05, 0.1) is 12.0 Å². The minimum atomic E-state index is -0.518. The average Bonchev–Trinajstić information content (AvgIpc) is 2.93. The summed E-state index contributed by atoms with van der Waals surface area (Å²) in [5, 5.41) is 2.54. The number of ether oxygens (including phenoxy) is 1. The average molecular weight is 348 g/mol. The third kappa shape index (κ3) is 4.33. The molecular formula is C17H24N4O4. The number of hydrogen-bond donors (Lipinski definition) is 1. The summed E-state index contributed by atoms with van der Waals surface area (Å²) in [7, 11) is 1.66. The molecule has 0 spiro atoms. The molecule has 0 aliphatic carbocycles. The van der Waals surface area contributed by atoms with E-state index in [2.05, 4.69) is 10.3 Å². The molecule has 0 saturated carbocycles. The van der Waals surface area contributed by atoms with Crippen LogP contribution in [0.25, 0.3) is 6.08 Å². The van der Waals surface area contributed by atoms with Crippen LogP contribution in [-0.4, -0.2) is 52.4 Å². The lowest BCUT2D eigenvalue weighted by Gasteiger charge is -2.25. The van der Waals surface area contributed by atoms with Crippen molar-refractivity contribution in [2.24, 2.45) is 0 Å². The minimum absolute atomic E-state index is 0.0653. The van der Waals surface area contributed by atoms with Gasteiger partial charge in [-0.2, -0.15) is 0 Å². The number of carbonyl (C=O) groups is 3. The predicted molar refractivity (Wildman–Crippen MR) is 91.3 cm³/mol. The van der Waals surface area contributed by atoms with E-state index in [0.29, 0.717) is 12.3 Å². The fourth-order valence-corrected chi connectivity index (χ4v) is 2.80. The highest BCUT2D eigenvalue weighted by atomic mass is 16.5. The lowest BCUT2D eigenvalue weighted by atomic mass is 10.1. The number of piperazine rings is 1. The quantitative estimate of drug-likeness (QED) is 0.609. The molecule has 1 N–H and O–H groups in total. The summed E-state index contributed by atoms with van der Waals surface area (Å²) in [5.41, 5.74) is 1.64. The Morgan fingerprint density at radius 3 is 2.76 bits per heavy atom. The van der Waals surface area contributed by atoms with Crippen molar-refractivity contribution in [1.29, 1.82) is 0 Å². The number of rotatable bonds is 6. The van der Waals surface area contributed by atoms with Crippen LogP contribution >= 0.6 is 0 Å². The van der Waals surface area contributed by atoms with Gasteiger partial charge in [-0.15, -0.1) is 0 Å². The van der Waals surface area contributed by atoms with Gasteiger partial charge in [0.15, 0.2) is 0 Å². The Morgan fingerprint density at radius 2 is 2.16 bits per heavy atom. The first kappa shape index (κ1) is 18.9. The highest BCUT2D eigenvalue weighted by Gasteiger charge is 2.31. The van der Waals surface area contributed by atoms with Gasteiger partial charge in [0.1, 0.15) is 12.2 Å². The molecule has 2 heterocycles. The lowest BCUT2D eigenvalue weighted by Crippen LogP contribution is -2.51. The lowest BCUT2D eigenvalue weighted by molar-refractivity contribution is -0.147. The molecule has 25 heavy (non-hydrogen) atoms. The van der Waals surface area contributed by atoms with Crippen molar-refractivity contribution in [3.8, 4) is 0 Å². The zero-order valence-electron chi connectivity index (χ0n) is 15.0. The summed E-state index contributed by atoms with van der Waals surface area (Å²) in [4.78, 5) is 41.0. The number of aryl methyl sites for hydroxylation is 1. The van der Waals surface area contributed by atoms with E-state index in [1.165, 1.54) is 13.0 Å². The Bertz CT molecular complexity index is 706. The van der Waals surface area contributed by atoms with Crippen LogP contribution in [0.15, 0.2) is 12.0 Å². The molecule has 1 saturated heterocycles. The van der Waals surface area contributed by atoms with Gasteiger partial charge in [0.2, 0.25) is 11.8 Å². The standard InChI is InChI=1S/C17H24N4O4/c1-11(2)16-13(18-10-20(16)6-5-7-25-4)8-14-17(24)21(12(3)22)9-15(23)19-14/h8,10-11H,5-7,9H2,1-4H3,(H,19,23). The zero-order chi connectivity index (χ0) is 18.6. The third-order valence-electron chi connectivity index (χ3n) is 3.91. The summed E-state index contributed by atoms with van der Waals surface area (Å²) in [6, 6.07) is 0. The van der Waals surface area contributed by atoms with Crippen LogP contribution in [0.2, 0.25) is 0 Å². The van der Waals surface area contributed by atoms with E-state index in [-0.39, 0.29) is 18.2 Å². The van der Waals surface area contributed by atoms with E-state index >= 15 is 0 Å². The summed E-state index contributed by atoms with van der Waals surface area (Å²) < 4.78 is 7.10. The molecule has 0 radical (unpaired) electrons. The Balaban J connectivity index is 2.34. The third-order valence-corrected chi connectivity index (χ3v) is 3.91. The molecule has 1 aliphatic rings. The number of carbonyl (C=O) groups excluding carboxylic acids is 3. The van der Waals surface area contributed by atoms with Gasteiger partial charge in [0, 0.05) is 32.9 Å². The van der Waals surface area contributed by atoms with E-state index in [4.69, 9.17) is 4.74 Å². The van der Waals surface area contributed by atoms with Crippen LogP contribution in [-0.2, 0) is 25.7 Å². The maximum absolute atomic E-state index is 12.4. The van der Waals surface area contributed by atoms with Crippen molar-refractivity contribution in [3.05, 3.63) is 23.4 Å². The largest absolute Gasteiger partial charge is 0.385 e. The van der Waals surface area contributed by atoms with Gasteiger partial charge in [-0.05, 0) is 18.4 Å². The van der Waals surface area contributed by atoms with E-state index in [1.54, 1.807) is 13.4 Å². The number of imidazole rings is 1. The van der Waals surface area contributed by atoms with Crippen molar-refractivity contribution in [2.75, 3.05) is 20.3 Å². The number of imide groups is 1. The summed E-state index contributed by atoms with van der Waals surface area (Å²) in [5.74, 6) is -1.20. The van der Waals surface area contributed by atoms with Gasteiger partial charge in [-0.1, -0.05) is 13.8 Å². The number of methoxy groups -OCH3 is 1. The fraction of sp³-hybridized carbons (Fsp3) is 0.529. The van der Waals surface area contributed by atoms with Gasteiger partial charge in [0.25, 0.3) is 5.91 Å². The topological polar surface area (TPSA) is 93.5 Å². The predicted octanol–water partition coefficient (Wildman–Crippen LogP) is 0.889. The molecule has 0 atom stereocenters. The van der Waals surface area contributed by atoms with Crippen LogP contribution < -0.4 is 5.32 Å². The van der Waals surface area contributed by atoms with E-state index < -0.39 is 17.7 Å². The Morgan fingerprint density at radius 1 is 1.44 bits per heavy atom. The zero-order valence-corrected chi connectivity index (χ0v) is 15.0. The van der Waals surface area contributed by atoms with Gasteiger partial charge in [-0.25, -0.2) is 4.98 Å². The SMILES string of the molecule is COCCCn1cnc(C=C2NC(=O)CN(C(C)=O)C2=O)c1C(C)C. The smallest absolute Gasteiger partial charge is 0.277 e. The van der Waals surface area contributed by atoms with E-state index in [9.17, 15) is 14.4 Å². The molecule has 8 nitrogen and oxygen atoms in total. The summed E-state index contributed by atoms with van der Waals surface area (Å²) in [6.45, 7) is 6.47. The second kappa shape index (κ2) is 8.06. The highest BCUT2D eigenvalue weighted by molar-refractivity contribution is 6.12. The maximum atomic E-state index is 12.4. The first-order valence-corrected chi connectivity index (χ1v) is 8.23. The van der Waals surface area contributed by atoms with E-state index in [1.807, 2.05) is 18.4 Å². The minimum Gasteiger partial charge on any atom is -0.385 e. The maximum Gasteiger partial charge on any atom is 0.277 e. The Labute approximate surface area is 146 Å². The number of nitrogens with zero attached hydrogens (tertiary/aromatic N) is 3. The molecule has 1 aromatic heterocycles. The molecule has 0 aromatic carbocycles. The number of hydrogen-bond acceptors (Lipinski definition) is 5. The number of aromatic nitrogens is 2. The number of amides is 3. The Kier molecular flexibility index (Phi) is 6.08. The summed E-state index contributed by atoms with van der Waals surface area (Å²) >= 11 is 0. The van der Waals surface area contributed by atoms with Crippen LogP contribution in [0.5, 0.6) is 0 Å². The van der Waals surface area contributed by atoms with Gasteiger partial charge in [-0.3, -0.25) is 19.3 Å². The molecule has 1 aliphatic heterocycles. The molecule has 0 bridgehead atoms. The van der Waals surface area contributed by atoms with Crippen LogP contribution in [0.1, 0.15) is 44.5 Å². The van der Waals surface area contributed by atoms with Crippen molar-refractivity contribution in [2.45, 2.75) is 39.7 Å². The highest BCUT2D eigenvalue weighted by Crippen LogP contribution is 2.22. The molecule has 2 rings (SSSR count). The van der Waals surface area contributed by atoms with Crippen LogP contribution in [0.3, 0.4) is 0 Å². The van der Waals surface area contributed by atoms with Crippen molar-refractivity contribution in [3.63, 3.8) is 0 Å². The monoisotopic (exact) mass is 348 g/mol. The van der Waals surface area contributed by atoms with Gasteiger partial charge < -0.3 is 14.6 Å². The fourth-order valence-electron chi connectivity index (χ4n) is 2.80. The second-order valence-corrected chi connectivity index (χ2v) is 6.23. The van der Waals surface area contributed by atoms with Crippen molar-refractivity contribution < 1.29 is 19.1 Å². The van der Waals surface area contributed by atoms with Crippen LogP contribution in [0.4, 0.5) is 0 Å². The van der Waals surface area contributed by atoms with Crippen molar-refractivity contribution >= 4 is 23.8 Å². The normalized spacial score (nSPS) is 16.7.